The molecule has 3 heteroatoms. The second-order valence-electron chi connectivity index (χ2n) is 5.42. The zero-order valence-corrected chi connectivity index (χ0v) is 11.7. The number of hydrogen-bond acceptors (Lipinski definition) is 2. The van der Waals surface area contributed by atoms with Gasteiger partial charge in [0, 0.05) is 11.7 Å². The summed E-state index contributed by atoms with van der Waals surface area (Å²) < 4.78 is 0. The van der Waals surface area contributed by atoms with Gasteiger partial charge in [0.05, 0.1) is 10.6 Å². The van der Waals surface area contributed by atoms with Crippen LogP contribution >= 0.6 is 11.6 Å². The molecule has 96 valence electrons. The lowest BCUT2D eigenvalue weighted by atomic mass is 9.79. The average molecular weight is 263 g/mol. The normalized spacial score (nSPS) is 27.6. The molecule has 2 nitrogen and oxygen atoms in total. The summed E-state index contributed by atoms with van der Waals surface area (Å²) in [6.45, 7) is 4.65. The minimum absolute atomic E-state index is 0.518. The van der Waals surface area contributed by atoms with Crippen LogP contribution in [0.1, 0.15) is 38.7 Å². The van der Waals surface area contributed by atoms with Gasteiger partial charge in [-0.2, -0.15) is 5.26 Å². The Balaban J connectivity index is 2.04. The van der Waals surface area contributed by atoms with E-state index in [9.17, 15) is 0 Å². The van der Waals surface area contributed by atoms with Crippen LogP contribution in [-0.2, 0) is 0 Å². The van der Waals surface area contributed by atoms with Crippen molar-refractivity contribution >= 4 is 17.3 Å². The van der Waals surface area contributed by atoms with Crippen molar-refractivity contribution in [2.75, 3.05) is 5.32 Å². The Morgan fingerprint density at radius 3 is 2.72 bits per heavy atom. The molecule has 1 saturated carbocycles. The highest BCUT2D eigenvalue weighted by atomic mass is 35.5. The molecule has 1 aliphatic rings. The molecule has 0 amide bonds. The summed E-state index contributed by atoms with van der Waals surface area (Å²) in [6, 6.07) is 8.21. The maximum atomic E-state index is 8.96. The molecule has 0 aromatic heterocycles. The van der Waals surface area contributed by atoms with Gasteiger partial charge in [-0.15, -0.1) is 0 Å². The minimum Gasteiger partial charge on any atom is -0.382 e. The Labute approximate surface area is 114 Å². The van der Waals surface area contributed by atoms with Gasteiger partial charge in [-0.1, -0.05) is 25.4 Å². The lowest BCUT2D eigenvalue weighted by Crippen LogP contribution is -2.30. The minimum atomic E-state index is 0.518. The molecule has 3 atom stereocenters. The summed E-state index contributed by atoms with van der Waals surface area (Å²) in [6.07, 6.45) is 3.68. The summed E-state index contributed by atoms with van der Waals surface area (Å²) >= 11 is 5.93. The fourth-order valence-electron chi connectivity index (χ4n) is 2.62. The molecule has 0 bridgehead atoms. The van der Waals surface area contributed by atoms with Crippen molar-refractivity contribution in [2.24, 2.45) is 11.8 Å². The molecule has 1 aromatic carbocycles. The third-order valence-electron chi connectivity index (χ3n) is 4.06. The summed E-state index contributed by atoms with van der Waals surface area (Å²) in [5.74, 6) is 1.59. The molecule has 1 fully saturated rings. The number of halogens is 1. The first-order valence-electron chi connectivity index (χ1n) is 6.56. The summed E-state index contributed by atoms with van der Waals surface area (Å²) in [7, 11) is 0. The van der Waals surface area contributed by atoms with Crippen LogP contribution in [0.25, 0.3) is 0 Å². The standard InChI is InChI=1S/C15H19ClN2/c1-10-3-4-13(7-11(10)2)18-14-5-6-15(16)12(8-14)9-17/h5-6,8,10-11,13,18H,3-4,7H2,1-2H3. The van der Waals surface area contributed by atoms with Crippen molar-refractivity contribution in [3.05, 3.63) is 28.8 Å². The van der Waals surface area contributed by atoms with Crippen LogP contribution in [0.5, 0.6) is 0 Å². The number of benzene rings is 1. The molecule has 18 heavy (non-hydrogen) atoms. The van der Waals surface area contributed by atoms with Gasteiger partial charge in [0.25, 0.3) is 0 Å². The molecule has 0 saturated heterocycles. The van der Waals surface area contributed by atoms with Gasteiger partial charge >= 0.3 is 0 Å². The number of nitrogens with zero attached hydrogens (tertiary/aromatic N) is 1. The Bertz CT molecular complexity index is 464. The van der Waals surface area contributed by atoms with Crippen LogP contribution < -0.4 is 5.32 Å². The van der Waals surface area contributed by atoms with Gasteiger partial charge in [-0.25, -0.2) is 0 Å². The van der Waals surface area contributed by atoms with E-state index in [0.717, 1.165) is 17.5 Å². The Morgan fingerprint density at radius 1 is 1.28 bits per heavy atom. The fraction of sp³-hybridized carbons (Fsp3) is 0.533. The van der Waals surface area contributed by atoms with Gasteiger partial charge in [0.15, 0.2) is 0 Å². The van der Waals surface area contributed by atoms with E-state index in [1.54, 1.807) is 6.07 Å². The van der Waals surface area contributed by atoms with E-state index in [2.05, 4.69) is 25.2 Å². The van der Waals surface area contributed by atoms with E-state index in [1.807, 2.05) is 12.1 Å². The topological polar surface area (TPSA) is 35.8 Å². The summed E-state index contributed by atoms with van der Waals surface area (Å²) in [4.78, 5) is 0. The molecule has 3 unspecified atom stereocenters. The Morgan fingerprint density at radius 2 is 2.06 bits per heavy atom. The van der Waals surface area contributed by atoms with Gasteiger partial charge in [-0.05, 0) is 49.3 Å². The monoisotopic (exact) mass is 262 g/mol. The third kappa shape index (κ3) is 2.97. The molecule has 0 spiro atoms. The first-order valence-corrected chi connectivity index (χ1v) is 6.94. The second kappa shape index (κ2) is 5.63. The van der Waals surface area contributed by atoms with Crippen LogP contribution in [0.3, 0.4) is 0 Å². The Kier molecular flexibility index (Phi) is 4.14. The predicted molar refractivity (Wildman–Crippen MR) is 75.8 cm³/mol. The van der Waals surface area contributed by atoms with Crippen LogP contribution in [0.2, 0.25) is 5.02 Å². The first kappa shape index (κ1) is 13.2. The molecule has 1 N–H and O–H groups in total. The molecule has 2 rings (SSSR count). The van der Waals surface area contributed by atoms with E-state index in [1.165, 1.54) is 19.3 Å². The average Bonchev–Trinajstić information content (AvgIpc) is 2.36. The molecular weight excluding hydrogens is 244 g/mol. The van der Waals surface area contributed by atoms with Crippen LogP contribution in [0.4, 0.5) is 5.69 Å². The highest BCUT2D eigenvalue weighted by Crippen LogP contribution is 2.31. The van der Waals surface area contributed by atoms with Crippen LogP contribution in [0, 0.1) is 23.2 Å². The van der Waals surface area contributed by atoms with Gasteiger partial charge in [-0.3, -0.25) is 0 Å². The van der Waals surface area contributed by atoms with Gasteiger partial charge < -0.3 is 5.32 Å². The van der Waals surface area contributed by atoms with Crippen molar-refractivity contribution in [3.63, 3.8) is 0 Å². The fourth-order valence-corrected chi connectivity index (χ4v) is 2.77. The highest BCUT2D eigenvalue weighted by Gasteiger charge is 2.24. The zero-order valence-electron chi connectivity index (χ0n) is 10.9. The number of nitrogens with one attached hydrogen (secondary N) is 1. The SMILES string of the molecule is CC1CCC(Nc2ccc(Cl)c(C#N)c2)CC1C. The molecule has 0 heterocycles. The van der Waals surface area contributed by atoms with E-state index in [-0.39, 0.29) is 0 Å². The number of nitriles is 1. The second-order valence-corrected chi connectivity index (χ2v) is 5.82. The smallest absolute Gasteiger partial charge is 0.101 e. The third-order valence-corrected chi connectivity index (χ3v) is 4.39. The maximum Gasteiger partial charge on any atom is 0.101 e. The predicted octanol–water partition coefficient (Wildman–Crippen LogP) is 4.45. The Hall–Kier alpha value is -1.20. The van der Waals surface area contributed by atoms with E-state index in [4.69, 9.17) is 16.9 Å². The number of anilines is 1. The van der Waals surface area contributed by atoms with Crippen molar-refractivity contribution in [2.45, 2.75) is 39.2 Å². The largest absolute Gasteiger partial charge is 0.382 e. The van der Waals surface area contributed by atoms with Gasteiger partial charge in [0.1, 0.15) is 6.07 Å². The highest BCUT2D eigenvalue weighted by molar-refractivity contribution is 6.31. The zero-order chi connectivity index (χ0) is 13.1. The quantitative estimate of drug-likeness (QED) is 0.855. The molecule has 0 aliphatic heterocycles. The lowest BCUT2D eigenvalue weighted by Gasteiger charge is -2.33. The van der Waals surface area contributed by atoms with Gasteiger partial charge in [0.2, 0.25) is 0 Å². The number of hydrogen-bond donors (Lipinski definition) is 1. The maximum absolute atomic E-state index is 8.96. The number of rotatable bonds is 2. The molecule has 0 radical (unpaired) electrons. The van der Waals surface area contributed by atoms with Crippen LogP contribution in [0.15, 0.2) is 18.2 Å². The van der Waals surface area contributed by atoms with Crippen molar-refractivity contribution in [3.8, 4) is 6.07 Å². The van der Waals surface area contributed by atoms with E-state index >= 15 is 0 Å². The van der Waals surface area contributed by atoms with Crippen molar-refractivity contribution in [1.29, 1.82) is 5.26 Å². The first-order chi connectivity index (χ1) is 8.60. The van der Waals surface area contributed by atoms with Crippen molar-refractivity contribution in [1.82, 2.24) is 0 Å². The van der Waals surface area contributed by atoms with E-state index in [0.29, 0.717) is 16.6 Å². The molecular formula is C15H19ClN2. The lowest BCUT2D eigenvalue weighted by molar-refractivity contribution is 0.261. The van der Waals surface area contributed by atoms with Crippen molar-refractivity contribution < 1.29 is 0 Å². The summed E-state index contributed by atoms with van der Waals surface area (Å²) in [5, 5.41) is 13.0. The molecule has 1 aromatic rings. The van der Waals surface area contributed by atoms with E-state index < -0.39 is 0 Å². The summed E-state index contributed by atoms with van der Waals surface area (Å²) in [5.41, 5.74) is 1.54. The molecule has 1 aliphatic carbocycles. The van der Waals surface area contributed by atoms with Crippen LogP contribution in [-0.4, -0.2) is 6.04 Å².